The van der Waals surface area contributed by atoms with E-state index in [1.54, 1.807) is 103 Å². The highest BCUT2D eigenvalue weighted by Gasteiger charge is 2.35. The number of halogens is 6. The van der Waals surface area contributed by atoms with E-state index in [9.17, 15) is 27.6 Å². The Morgan fingerprint density at radius 2 is 1.34 bits per heavy atom. The number of nitrogens with one attached hydrogen (secondary N) is 3. The Bertz CT molecular complexity index is 2030. The molecule has 0 saturated carbocycles. The molecule has 254 valence electrons. The lowest BCUT2D eigenvalue weighted by molar-refractivity contribution is -0.137. The first-order valence-corrected chi connectivity index (χ1v) is 16.7. The zero-order valence-electron chi connectivity index (χ0n) is 25.6. The van der Waals surface area contributed by atoms with Gasteiger partial charge in [0.2, 0.25) is 5.91 Å². The molecule has 0 radical (unpaired) electrons. The number of carbonyl (C=O) groups is 3. The fraction of sp³-hybridized carbons (Fsp3) is 0.0541. The largest absolute Gasteiger partial charge is 0.418 e. The van der Waals surface area contributed by atoms with Crippen molar-refractivity contribution in [1.82, 2.24) is 5.32 Å². The zero-order chi connectivity index (χ0) is 35.8. The van der Waals surface area contributed by atoms with Crippen molar-refractivity contribution >= 4 is 81.7 Å². The maximum Gasteiger partial charge on any atom is 0.418 e. The fourth-order valence-corrected chi connectivity index (χ4v) is 6.35. The molecule has 0 aliphatic rings. The monoisotopic (exact) mass is 753 g/mol. The molecule has 0 spiro atoms. The third-order valence-corrected chi connectivity index (χ3v) is 9.23. The van der Waals surface area contributed by atoms with E-state index in [0.29, 0.717) is 27.3 Å². The molecule has 0 saturated heterocycles. The van der Waals surface area contributed by atoms with Crippen LogP contribution in [0.3, 0.4) is 0 Å². The smallest absolute Gasteiger partial charge is 0.324 e. The first-order chi connectivity index (χ1) is 23.9. The number of thioether (sulfide) groups is 1. The molecule has 0 heterocycles. The van der Waals surface area contributed by atoms with Crippen LogP contribution in [0.25, 0.3) is 6.08 Å². The molecule has 0 aromatic heterocycles. The maximum atomic E-state index is 13.7. The normalized spacial score (nSPS) is 12.2. The Morgan fingerprint density at radius 1 is 0.720 bits per heavy atom. The minimum Gasteiger partial charge on any atom is -0.324 e. The van der Waals surface area contributed by atoms with Crippen molar-refractivity contribution in [1.29, 1.82) is 0 Å². The highest BCUT2D eigenvalue weighted by Crippen LogP contribution is 2.40. The van der Waals surface area contributed by atoms with Gasteiger partial charge in [0, 0.05) is 36.8 Å². The van der Waals surface area contributed by atoms with Crippen molar-refractivity contribution in [3.8, 4) is 0 Å². The average molecular weight is 755 g/mol. The number of hydrogen-bond donors (Lipinski definition) is 3. The van der Waals surface area contributed by atoms with Crippen LogP contribution in [0.2, 0.25) is 15.1 Å². The minimum atomic E-state index is -4.75. The van der Waals surface area contributed by atoms with Gasteiger partial charge in [-0.2, -0.15) is 13.2 Å². The van der Waals surface area contributed by atoms with Gasteiger partial charge >= 0.3 is 6.18 Å². The molecule has 0 aliphatic carbocycles. The summed E-state index contributed by atoms with van der Waals surface area (Å²) in [5, 5.41) is 7.24. The van der Waals surface area contributed by atoms with Gasteiger partial charge in [0.15, 0.2) is 0 Å². The van der Waals surface area contributed by atoms with Crippen molar-refractivity contribution in [2.24, 2.45) is 0 Å². The summed E-state index contributed by atoms with van der Waals surface area (Å²) >= 11 is 19.6. The van der Waals surface area contributed by atoms with Crippen LogP contribution in [0, 0.1) is 0 Å². The Balaban J connectivity index is 1.37. The Hall–Kier alpha value is -4.74. The molecule has 5 rings (SSSR count). The Kier molecular flexibility index (Phi) is 11.9. The van der Waals surface area contributed by atoms with Crippen LogP contribution in [0.5, 0.6) is 0 Å². The van der Waals surface area contributed by atoms with Gasteiger partial charge in [-0.05, 0) is 78.4 Å². The second-order valence-corrected chi connectivity index (χ2v) is 13.0. The molecule has 1 unspecified atom stereocenters. The second kappa shape index (κ2) is 16.3. The molecule has 0 bridgehead atoms. The zero-order valence-corrected chi connectivity index (χ0v) is 28.7. The quantitative estimate of drug-likeness (QED) is 0.0979. The van der Waals surface area contributed by atoms with Crippen molar-refractivity contribution in [2.45, 2.75) is 16.3 Å². The summed E-state index contributed by atoms with van der Waals surface area (Å²) in [7, 11) is 0. The molecule has 5 aromatic carbocycles. The highest BCUT2D eigenvalue weighted by molar-refractivity contribution is 8.00. The van der Waals surface area contributed by atoms with Crippen LogP contribution in [-0.4, -0.2) is 17.7 Å². The van der Waals surface area contributed by atoms with Crippen molar-refractivity contribution < 1.29 is 27.6 Å². The number of alkyl halides is 3. The molecule has 13 heteroatoms. The van der Waals surface area contributed by atoms with Gasteiger partial charge in [0.05, 0.1) is 11.3 Å². The van der Waals surface area contributed by atoms with Gasteiger partial charge in [-0.1, -0.05) is 89.4 Å². The van der Waals surface area contributed by atoms with Gasteiger partial charge in [-0.25, -0.2) is 0 Å². The van der Waals surface area contributed by atoms with Gasteiger partial charge in [0.1, 0.15) is 10.9 Å². The van der Waals surface area contributed by atoms with E-state index in [-0.39, 0.29) is 20.8 Å². The van der Waals surface area contributed by atoms with Crippen LogP contribution >= 0.6 is 46.6 Å². The molecule has 1 atom stereocenters. The molecule has 3 amide bonds. The predicted molar refractivity (Wildman–Crippen MR) is 194 cm³/mol. The number of amides is 3. The summed E-state index contributed by atoms with van der Waals surface area (Å²) in [5.41, 5.74) is -0.0761. The van der Waals surface area contributed by atoms with Crippen LogP contribution in [-0.2, 0) is 15.8 Å². The Morgan fingerprint density at radius 3 is 1.96 bits per heavy atom. The van der Waals surface area contributed by atoms with Crippen LogP contribution in [0.15, 0.2) is 132 Å². The summed E-state index contributed by atoms with van der Waals surface area (Å²) in [4.78, 5) is 40.6. The topological polar surface area (TPSA) is 87.3 Å². The van der Waals surface area contributed by atoms with E-state index in [4.69, 9.17) is 34.8 Å². The second-order valence-electron chi connectivity index (χ2n) is 10.6. The summed E-state index contributed by atoms with van der Waals surface area (Å²) in [5.74, 6) is -1.89. The van der Waals surface area contributed by atoms with E-state index < -0.39 is 40.4 Å². The summed E-state index contributed by atoms with van der Waals surface area (Å²) < 4.78 is 41.2. The third kappa shape index (κ3) is 9.48. The summed E-state index contributed by atoms with van der Waals surface area (Å²) in [6.07, 6.45) is -3.37. The molecule has 6 nitrogen and oxygen atoms in total. The standard InChI is InChI=1S/C37H25Cl3F3N3O3S/c38-24-14-19-31(28(20-24)37(41,42)43)45-36(49)33(22-8-3-1-4-9-22)50-26-17-15-25(16-18-26)44-35(48)32(21-27-29(39)12-7-13-30(27)40)46-34(47)23-10-5-2-6-11-23/h1-21,33H,(H,44,48)(H,45,49)(H,46,47)/b32-21-. The average Bonchev–Trinajstić information content (AvgIpc) is 3.10. The van der Waals surface area contributed by atoms with Crippen molar-refractivity contribution in [3.63, 3.8) is 0 Å². The van der Waals surface area contributed by atoms with Crippen LogP contribution in [0.4, 0.5) is 24.5 Å². The molecular formula is C37H25Cl3F3N3O3S. The number of hydrogen-bond acceptors (Lipinski definition) is 4. The number of benzene rings is 5. The van der Waals surface area contributed by atoms with E-state index in [1.165, 1.54) is 12.1 Å². The van der Waals surface area contributed by atoms with E-state index >= 15 is 0 Å². The van der Waals surface area contributed by atoms with Crippen molar-refractivity contribution in [2.75, 3.05) is 10.6 Å². The van der Waals surface area contributed by atoms with Gasteiger partial charge < -0.3 is 16.0 Å². The highest BCUT2D eigenvalue weighted by atomic mass is 35.5. The lowest BCUT2D eigenvalue weighted by Crippen LogP contribution is -2.30. The summed E-state index contributed by atoms with van der Waals surface area (Å²) in [6.45, 7) is 0. The Labute approximate surface area is 304 Å². The molecule has 0 aliphatic heterocycles. The molecule has 5 aromatic rings. The molecule has 3 N–H and O–H groups in total. The van der Waals surface area contributed by atoms with Gasteiger partial charge in [-0.3, -0.25) is 14.4 Å². The van der Waals surface area contributed by atoms with E-state index in [1.807, 2.05) is 0 Å². The van der Waals surface area contributed by atoms with Crippen LogP contribution < -0.4 is 16.0 Å². The minimum absolute atomic E-state index is 0.120. The van der Waals surface area contributed by atoms with Crippen molar-refractivity contribution in [3.05, 3.63) is 164 Å². The van der Waals surface area contributed by atoms with Gasteiger partial charge in [0.25, 0.3) is 11.8 Å². The SMILES string of the molecule is O=C(Nc1ccc(SC(C(=O)Nc2ccc(Cl)cc2C(F)(F)F)c2ccccc2)cc1)/C(=C/c1c(Cl)cccc1Cl)NC(=O)c1ccccc1. The first kappa shape index (κ1) is 36.5. The lowest BCUT2D eigenvalue weighted by Gasteiger charge is -2.20. The fourth-order valence-electron chi connectivity index (χ4n) is 4.65. The number of rotatable bonds is 10. The third-order valence-electron chi connectivity index (χ3n) is 7.07. The predicted octanol–water partition coefficient (Wildman–Crippen LogP) is 10.5. The van der Waals surface area contributed by atoms with Gasteiger partial charge in [-0.15, -0.1) is 11.8 Å². The van der Waals surface area contributed by atoms with E-state index in [0.717, 1.165) is 23.9 Å². The number of anilines is 2. The maximum absolute atomic E-state index is 13.7. The molecule has 50 heavy (non-hydrogen) atoms. The van der Waals surface area contributed by atoms with E-state index in [2.05, 4.69) is 16.0 Å². The molecular weight excluding hydrogens is 730 g/mol. The first-order valence-electron chi connectivity index (χ1n) is 14.7. The molecule has 0 fully saturated rings. The lowest BCUT2D eigenvalue weighted by atomic mass is 10.1. The summed E-state index contributed by atoms with van der Waals surface area (Å²) in [6, 6.07) is 31.3. The number of carbonyl (C=O) groups excluding carboxylic acids is 3. The van der Waals surface area contributed by atoms with Crippen LogP contribution in [0.1, 0.15) is 32.3 Å².